The first-order valence-electron chi connectivity index (χ1n) is 33.0. The van der Waals surface area contributed by atoms with Gasteiger partial charge in [-0.1, -0.05) is 80.6 Å². The maximum Gasteiger partial charge on any atom is 0.245 e. The lowest BCUT2D eigenvalue weighted by Gasteiger charge is -2.25. The monoisotopic (exact) mass is 1380 g/mol. The molecular weight excluding hydrogens is 1280 g/mol. The van der Waals surface area contributed by atoms with E-state index in [1.807, 2.05) is 20.8 Å². The van der Waals surface area contributed by atoms with Gasteiger partial charge in [-0.2, -0.15) is 0 Å². The van der Waals surface area contributed by atoms with Gasteiger partial charge in [0.15, 0.2) is 23.1 Å². The predicted molar refractivity (Wildman–Crippen MR) is 362 cm³/mol. The summed E-state index contributed by atoms with van der Waals surface area (Å²) >= 11 is 0. The highest BCUT2D eigenvalue weighted by Gasteiger charge is 2.36. The molecule has 0 saturated carbocycles. The zero-order valence-electron chi connectivity index (χ0n) is 56.7. The Bertz CT molecular complexity index is 3430. The zero-order chi connectivity index (χ0) is 73.3. The fourth-order valence-corrected chi connectivity index (χ4v) is 11.0. The highest BCUT2D eigenvalue weighted by atomic mass is 16.3. The summed E-state index contributed by atoms with van der Waals surface area (Å²) < 4.78 is 1.30. The maximum atomic E-state index is 14.4. The summed E-state index contributed by atoms with van der Waals surface area (Å²) in [6, 6.07) is 14.0. The smallest absolute Gasteiger partial charge is 0.245 e. The number of benzene rings is 3. The van der Waals surface area contributed by atoms with Crippen molar-refractivity contribution in [3.05, 3.63) is 107 Å². The van der Waals surface area contributed by atoms with Crippen LogP contribution < -0.4 is 54.8 Å². The van der Waals surface area contributed by atoms with Crippen LogP contribution in [0.25, 0.3) is 0 Å². The van der Waals surface area contributed by atoms with Crippen LogP contribution in [0.5, 0.6) is 11.5 Å². The molecule has 0 bridgehead atoms. The Balaban J connectivity index is 1.54. The fraction of sp³-hybridized carbons (Fsp3) is 0.507. The molecule has 30 nitrogen and oxygen atoms in total. The van der Waals surface area contributed by atoms with Gasteiger partial charge >= 0.3 is 0 Å². The van der Waals surface area contributed by atoms with Crippen molar-refractivity contribution in [2.24, 2.45) is 57.5 Å². The lowest BCUT2D eigenvalue weighted by Crippen LogP contribution is -2.50. The molecular formula is C69H96N14O16. The normalized spacial score (nSPS) is 14.1. The lowest BCUT2D eigenvalue weighted by molar-refractivity contribution is -0.137. The molecule has 0 aliphatic carbocycles. The van der Waals surface area contributed by atoms with Crippen LogP contribution >= 0.6 is 0 Å². The molecule has 0 unspecified atom stereocenters. The van der Waals surface area contributed by atoms with Gasteiger partial charge in [-0.25, -0.2) is 4.68 Å². The van der Waals surface area contributed by atoms with Crippen LogP contribution in [0.4, 0.5) is 0 Å². The van der Waals surface area contributed by atoms with E-state index in [1.165, 1.54) is 61.1 Å². The number of nitrogens with one attached hydrogen (secondary N) is 6. The highest BCUT2D eigenvalue weighted by Crippen LogP contribution is 2.24. The summed E-state index contributed by atoms with van der Waals surface area (Å²) in [5, 5.41) is 54.4. The SMILES string of the molecule is CCC(N)=NCCC[C@H](NC(=O)[C@H](CC(C)C)n1cc(CNC(=O)[C@@H](CC(=O)[C@H](CO)NC(=O)[C@H](CC(N)=O)CC(=O)[C@H](CCCCNC(C)=O)NC(=O)[C@H](CC(N)=O)CC(=O)[C@H](Cc2ccc(O)cc2)NC(C)=O)Cc2ccccc2)nn1)C(=O)C[C@@H](Cc1ccc(O)cc1)C(N)=O. The number of carbonyl (C=O) groups excluding carboxylic acids is 13. The van der Waals surface area contributed by atoms with E-state index in [9.17, 15) is 77.6 Å². The molecule has 1 aromatic heterocycles. The average Bonchev–Trinajstić information content (AvgIpc) is 1.84. The zero-order valence-corrected chi connectivity index (χ0v) is 56.7. The Morgan fingerprint density at radius 3 is 1.53 bits per heavy atom. The van der Waals surface area contributed by atoms with E-state index in [0.29, 0.717) is 41.8 Å². The minimum atomic E-state index is -1.71. The summed E-state index contributed by atoms with van der Waals surface area (Å²) in [5.74, 6) is -14.7. The van der Waals surface area contributed by atoms with Crippen LogP contribution in [0.1, 0.15) is 147 Å². The first kappa shape index (κ1) is 81.2. The summed E-state index contributed by atoms with van der Waals surface area (Å²) in [6.45, 7) is 7.22. The van der Waals surface area contributed by atoms with Gasteiger partial charge in [-0.3, -0.25) is 67.3 Å². The molecule has 4 aromatic rings. The van der Waals surface area contributed by atoms with Crippen LogP contribution in [-0.4, -0.2) is 156 Å². The lowest BCUT2D eigenvalue weighted by atomic mass is 9.89. The Labute approximate surface area is 574 Å². The van der Waals surface area contributed by atoms with E-state index >= 15 is 0 Å². The average molecular weight is 1380 g/mol. The van der Waals surface area contributed by atoms with Crippen LogP contribution in [-0.2, 0) is 88.1 Å². The number of carbonyl (C=O) groups is 13. The van der Waals surface area contributed by atoms with Gasteiger partial charge in [-0.15, -0.1) is 5.10 Å². The number of nitrogens with two attached hydrogens (primary N) is 4. The van der Waals surface area contributed by atoms with Crippen LogP contribution in [0.3, 0.4) is 0 Å². The largest absolute Gasteiger partial charge is 0.508 e. The third-order valence-electron chi connectivity index (χ3n) is 16.3. The molecule has 0 aliphatic heterocycles. The van der Waals surface area contributed by atoms with E-state index in [1.54, 1.807) is 42.5 Å². The predicted octanol–water partition coefficient (Wildman–Crippen LogP) is 0.964. The van der Waals surface area contributed by atoms with Crippen molar-refractivity contribution in [3.63, 3.8) is 0 Å². The van der Waals surface area contributed by atoms with E-state index in [-0.39, 0.29) is 100 Å². The van der Waals surface area contributed by atoms with Gasteiger partial charge < -0.3 is 70.2 Å². The fourth-order valence-electron chi connectivity index (χ4n) is 11.0. The minimum Gasteiger partial charge on any atom is -0.508 e. The van der Waals surface area contributed by atoms with Crippen molar-refractivity contribution in [2.75, 3.05) is 19.7 Å². The van der Waals surface area contributed by atoms with Crippen LogP contribution in [0.2, 0.25) is 0 Å². The number of aliphatic imine (C=N–C) groups is 1. The molecule has 9 amide bonds. The van der Waals surface area contributed by atoms with Crippen LogP contribution in [0.15, 0.2) is 90.1 Å². The van der Waals surface area contributed by atoms with Gasteiger partial charge in [0.2, 0.25) is 53.2 Å². The van der Waals surface area contributed by atoms with Gasteiger partial charge in [0.25, 0.3) is 0 Å². The highest BCUT2D eigenvalue weighted by molar-refractivity contribution is 5.99. The van der Waals surface area contributed by atoms with Crippen LogP contribution in [0, 0.1) is 29.6 Å². The number of aromatic nitrogens is 3. The Morgan fingerprint density at radius 1 is 0.525 bits per heavy atom. The van der Waals surface area contributed by atoms with E-state index in [4.69, 9.17) is 22.9 Å². The molecule has 4 rings (SSSR count). The number of amides is 9. The van der Waals surface area contributed by atoms with E-state index in [2.05, 4.69) is 47.2 Å². The number of Topliss-reactive ketones (excluding diaryl/α,β-unsaturated/α-hetero) is 4. The number of hydrogen-bond acceptors (Lipinski definition) is 19. The molecule has 538 valence electrons. The third-order valence-corrected chi connectivity index (χ3v) is 16.3. The standard InChI is InChI=1S/C69H96N14O16/c1-6-62(70)75-26-12-16-54(58(89)31-46(65(73)95)28-44-17-21-51(87)22-18-44)79-69(99)57(27-40(2)3)83-38-50(81-82-83)37-76-66(96)47(29-43-13-8-7-9-14-43)32-61(92)56(39-84)80-68(98)48(35-63(71)93)33-59(90)53(15-10-11-25-74-41(4)85)78-67(97)49(36-64(72)94)34-60(91)55(77-42(5)86)30-45-19-23-52(88)24-20-45/h7-9,13-14,17-24,38,40,46-49,53-57,84,87-88H,6,10-12,15-16,25-37,39H2,1-5H3,(H2,70,75)(H2,71,93)(H2,72,94)(H2,73,95)(H,74,85)(H,76,96)(H,77,86)(H,78,97)(H,79,99)(H,80,98)/t46-,47-,48+,49+,53+,54+,55+,56+,57+/m1/s1. The minimum absolute atomic E-state index is 0.0150. The van der Waals surface area contributed by atoms with Crippen molar-refractivity contribution in [2.45, 2.75) is 174 Å². The summed E-state index contributed by atoms with van der Waals surface area (Å²) in [4.78, 5) is 179. The maximum absolute atomic E-state index is 14.4. The van der Waals surface area contributed by atoms with Crippen molar-refractivity contribution in [3.8, 4) is 11.5 Å². The number of aromatic hydroxyl groups is 2. The number of hydrogen-bond donors (Lipinski definition) is 13. The first-order valence-corrected chi connectivity index (χ1v) is 33.0. The molecule has 1 heterocycles. The van der Waals surface area contributed by atoms with Gasteiger partial charge in [0, 0.05) is 83.7 Å². The molecule has 99 heavy (non-hydrogen) atoms. The number of phenolic OH excluding ortho intramolecular Hbond substituents is 2. The second-order valence-electron chi connectivity index (χ2n) is 25.2. The van der Waals surface area contributed by atoms with E-state index in [0.717, 1.165) is 0 Å². The number of nitrogens with zero attached hydrogens (tertiary/aromatic N) is 4. The number of aliphatic hydroxyl groups is 1. The molecule has 17 N–H and O–H groups in total. The second kappa shape index (κ2) is 41.8. The second-order valence-corrected chi connectivity index (χ2v) is 25.2. The first-order chi connectivity index (χ1) is 46.9. The molecule has 0 aliphatic rings. The number of amidine groups is 1. The number of phenols is 2. The van der Waals surface area contributed by atoms with Crippen molar-refractivity contribution in [1.29, 1.82) is 0 Å². The Hall–Kier alpha value is -10.3. The van der Waals surface area contributed by atoms with Gasteiger partial charge in [0.1, 0.15) is 29.3 Å². The third kappa shape index (κ3) is 30.0. The number of ketones is 4. The quantitative estimate of drug-likeness (QED) is 0.0166. The summed E-state index contributed by atoms with van der Waals surface area (Å²) in [5.41, 5.74) is 24.8. The molecule has 0 fully saturated rings. The van der Waals surface area contributed by atoms with Crippen molar-refractivity contribution >= 4 is 82.1 Å². The summed E-state index contributed by atoms with van der Waals surface area (Å²) in [6.07, 6.45) is -0.731. The number of unbranched alkanes of at least 4 members (excludes halogenated alkanes) is 1. The molecule has 30 heteroatoms. The number of primary amides is 3. The molecule has 0 spiro atoms. The van der Waals surface area contributed by atoms with Gasteiger partial charge in [-0.05, 0) is 105 Å². The van der Waals surface area contributed by atoms with Crippen molar-refractivity contribution in [1.82, 2.24) is 46.9 Å². The van der Waals surface area contributed by atoms with E-state index < -0.39 is 163 Å². The molecule has 3 aromatic carbocycles. The molecule has 0 radical (unpaired) electrons. The Morgan fingerprint density at radius 2 is 1.01 bits per heavy atom. The molecule has 9 atom stereocenters. The topological polar surface area (TPSA) is 502 Å². The Kier molecular flexibility index (Phi) is 34.2. The van der Waals surface area contributed by atoms with Crippen molar-refractivity contribution < 1.29 is 77.6 Å². The summed E-state index contributed by atoms with van der Waals surface area (Å²) in [7, 11) is 0. The number of aliphatic hydroxyl groups excluding tert-OH is 1. The number of rotatable bonds is 47. The van der Waals surface area contributed by atoms with Gasteiger partial charge in [0.05, 0.1) is 55.1 Å². The molecule has 0 saturated heterocycles.